The first kappa shape index (κ1) is 23.1. The number of carbonyl (C=O) groups is 3. The second-order valence-corrected chi connectivity index (χ2v) is 9.55. The van der Waals surface area contributed by atoms with Crippen LogP contribution in [0.25, 0.3) is 0 Å². The number of imide groups is 1. The van der Waals surface area contributed by atoms with Crippen molar-refractivity contribution in [3.63, 3.8) is 0 Å². The largest absolute Gasteiger partial charge is 0.332 e. The van der Waals surface area contributed by atoms with E-state index >= 15 is 0 Å². The number of halogens is 2. The lowest BCUT2D eigenvalue weighted by Crippen LogP contribution is -2.50. The van der Waals surface area contributed by atoms with Crippen LogP contribution in [0.1, 0.15) is 38.8 Å². The minimum Gasteiger partial charge on any atom is -0.332 e. The third-order valence-electron chi connectivity index (χ3n) is 5.33. The molecule has 1 saturated heterocycles. The van der Waals surface area contributed by atoms with Crippen molar-refractivity contribution in [2.75, 3.05) is 6.54 Å². The van der Waals surface area contributed by atoms with E-state index in [-0.39, 0.29) is 17.5 Å². The third-order valence-corrected chi connectivity index (χ3v) is 5.88. The Bertz CT molecular complexity index is 1020. The van der Waals surface area contributed by atoms with Crippen LogP contribution in [0.15, 0.2) is 48.5 Å². The van der Waals surface area contributed by atoms with E-state index in [9.17, 15) is 14.4 Å². The predicted molar refractivity (Wildman–Crippen MR) is 121 cm³/mol. The Morgan fingerprint density at radius 2 is 1.74 bits per heavy atom. The lowest BCUT2D eigenvalue weighted by Gasteiger charge is -2.36. The highest BCUT2D eigenvalue weighted by Crippen LogP contribution is 2.35. The first-order chi connectivity index (χ1) is 14.4. The van der Waals surface area contributed by atoms with E-state index in [1.807, 2.05) is 51.1 Å². The molecule has 0 aliphatic carbocycles. The molecule has 1 aliphatic rings. The van der Waals surface area contributed by atoms with Crippen molar-refractivity contribution in [1.29, 1.82) is 0 Å². The molecule has 1 atom stereocenters. The first-order valence-corrected chi connectivity index (χ1v) is 10.6. The number of urea groups is 1. The summed E-state index contributed by atoms with van der Waals surface area (Å²) in [5, 5.41) is 3.36. The molecular weight excluding hydrogens is 437 g/mol. The fourth-order valence-corrected chi connectivity index (χ4v) is 4.20. The van der Waals surface area contributed by atoms with Gasteiger partial charge in [-0.25, -0.2) is 4.79 Å². The summed E-state index contributed by atoms with van der Waals surface area (Å²) in [7, 11) is 0. The van der Waals surface area contributed by atoms with Gasteiger partial charge in [-0.3, -0.25) is 14.5 Å². The SMILES string of the molecule is CC(C)(C)N(Cc1ccccc1)C(=O)CN1C(=O)N[C@](C)(c2ccc(Cl)cc2Cl)C1=O. The van der Waals surface area contributed by atoms with Crippen LogP contribution in [-0.2, 0) is 21.7 Å². The molecule has 1 fully saturated rings. The topological polar surface area (TPSA) is 69.7 Å². The second kappa shape index (κ2) is 8.52. The lowest BCUT2D eigenvalue weighted by molar-refractivity contribution is -0.142. The number of nitrogens with zero attached hydrogens (tertiary/aromatic N) is 2. The van der Waals surface area contributed by atoms with Gasteiger partial charge in [0.1, 0.15) is 12.1 Å². The van der Waals surface area contributed by atoms with Gasteiger partial charge in [-0.1, -0.05) is 59.6 Å². The highest BCUT2D eigenvalue weighted by molar-refractivity contribution is 6.35. The molecule has 31 heavy (non-hydrogen) atoms. The van der Waals surface area contributed by atoms with E-state index in [4.69, 9.17) is 23.2 Å². The minimum absolute atomic E-state index is 0.261. The smallest absolute Gasteiger partial charge is 0.325 e. The molecule has 4 amide bonds. The van der Waals surface area contributed by atoms with Crippen LogP contribution < -0.4 is 5.32 Å². The Balaban J connectivity index is 1.84. The Morgan fingerprint density at radius 3 is 2.32 bits per heavy atom. The molecule has 0 spiro atoms. The Hall–Kier alpha value is -2.57. The number of amides is 4. The summed E-state index contributed by atoms with van der Waals surface area (Å²) < 4.78 is 0. The van der Waals surface area contributed by atoms with Crippen LogP contribution in [0.5, 0.6) is 0 Å². The lowest BCUT2D eigenvalue weighted by atomic mass is 9.92. The third kappa shape index (κ3) is 4.70. The maximum absolute atomic E-state index is 13.2. The molecule has 6 nitrogen and oxygen atoms in total. The van der Waals surface area contributed by atoms with Gasteiger partial charge in [0.25, 0.3) is 5.91 Å². The summed E-state index contributed by atoms with van der Waals surface area (Å²) >= 11 is 12.2. The van der Waals surface area contributed by atoms with Crippen molar-refractivity contribution in [3.05, 3.63) is 69.7 Å². The molecule has 2 aromatic rings. The zero-order valence-corrected chi connectivity index (χ0v) is 19.4. The van der Waals surface area contributed by atoms with E-state index in [1.165, 1.54) is 6.07 Å². The van der Waals surface area contributed by atoms with Crippen molar-refractivity contribution < 1.29 is 14.4 Å². The summed E-state index contributed by atoms with van der Waals surface area (Å²) in [5.41, 5.74) is -0.510. The van der Waals surface area contributed by atoms with Crippen molar-refractivity contribution in [3.8, 4) is 0 Å². The first-order valence-electron chi connectivity index (χ1n) is 9.87. The predicted octanol–water partition coefficient (Wildman–Crippen LogP) is 4.59. The Kier molecular flexibility index (Phi) is 6.35. The number of benzene rings is 2. The van der Waals surface area contributed by atoms with Crippen molar-refractivity contribution in [1.82, 2.24) is 15.1 Å². The van der Waals surface area contributed by atoms with Gasteiger partial charge in [0.05, 0.1) is 0 Å². The maximum Gasteiger partial charge on any atom is 0.325 e. The van der Waals surface area contributed by atoms with Crippen LogP contribution in [0.2, 0.25) is 10.0 Å². The molecule has 0 unspecified atom stereocenters. The molecule has 3 rings (SSSR count). The van der Waals surface area contributed by atoms with Gasteiger partial charge in [0.15, 0.2) is 0 Å². The summed E-state index contributed by atoms with van der Waals surface area (Å²) in [4.78, 5) is 41.7. The number of hydrogen-bond donors (Lipinski definition) is 1. The van der Waals surface area contributed by atoms with Crippen LogP contribution in [0.3, 0.4) is 0 Å². The van der Waals surface area contributed by atoms with Gasteiger partial charge in [-0.05, 0) is 45.4 Å². The quantitative estimate of drug-likeness (QED) is 0.661. The van der Waals surface area contributed by atoms with Crippen molar-refractivity contribution in [2.45, 2.75) is 45.3 Å². The van der Waals surface area contributed by atoms with Gasteiger partial charge < -0.3 is 10.2 Å². The molecule has 1 aliphatic heterocycles. The highest BCUT2D eigenvalue weighted by Gasteiger charge is 2.50. The molecule has 0 radical (unpaired) electrons. The van der Waals surface area contributed by atoms with Crippen molar-refractivity contribution in [2.24, 2.45) is 0 Å². The van der Waals surface area contributed by atoms with E-state index < -0.39 is 23.0 Å². The van der Waals surface area contributed by atoms with Gasteiger partial charge in [0, 0.05) is 27.7 Å². The van der Waals surface area contributed by atoms with Crippen LogP contribution in [0.4, 0.5) is 4.79 Å². The van der Waals surface area contributed by atoms with Gasteiger partial charge in [-0.15, -0.1) is 0 Å². The summed E-state index contributed by atoms with van der Waals surface area (Å²) in [6, 6.07) is 13.6. The Labute approximate surface area is 192 Å². The van der Waals surface area contributed by atoms with Crippen LogP contribution in [-0.4, -0.2) is 39.7 Å². The van der Waals surface area contributed by atoms with Gasteiger partial charge >= 0.3 is 6.03 Å². The van der Waals surface area contributed by atoms with E-state index in [1.54, 1.807) is 24.0 Å². The van der Waals surface area contributed by atoms with Crippen LogP contribution >= 0.6 is 23.2 Å². The zero-order chi connectivity index (χ0) is 23.0. The molecule has 164 valence electrons. The summed E-state index contributed by atoms with van der Waals surface area (Å²) in [5.74, 6) is -0.866. The standard InChI is InChI=1S/C23H25Cl2N3O3/c1-22(2,3)28(13-15-8-6-5-7-9-15)19(29)14-27-20(30)23(4,26-21(27)31)17-11-10-16(24)12-18(17)25/h5-12H,13-14H2,1-4H3,(H,26,31)/t23-/m1/s1. The van der Waals surface area contributed by atoms with E-state index in [2.05, 4.69) is 5.32 Å². The molecule has 1 N–H and O–H groups in total. The Morgan fingerprint density at radius 1 is 1.10 bits per heavy atom. The normalized spacial score (nSPS) is 18.8. The second-order valence-electron chi connectivity index (χ2n) is 8.71. The zero-order valence-electron chi connectivity index (χ0n) is 17.9. The van der Waals surface area contributed by atoms with Crippen LogP contribution in [0, 0.1) is 0 Å². The summed E-state index contributed by atoms with van der Waals surface area (Å²) in [6.07, 6.45) is 0. The van der Waals surface area contributed by atoms with E-state index in [0.29, 0.717) is 17.1 Å². The molecule has 2 aromatic carbocycles. The van der Waals surface area contributed by atoms with Crippen molar-refractivity contribution >= 4 is 41.0 Å². The monoisotopic (exact) mass is 461 g/mol. The number of rotatable bonds is 5. The molecule has 1 heterocycles. The fourth-order valence-electron chi connectivity index (χ4n) is 3.60. The molecule has 0 saturated carbocycles. The molecular formula is C23H25Cl2N3O3. The average Bonchev–Trinajstić information content (AvgIpc) is 2.89. The average molecular weight is 462 g/mol. The number of carbonyl (C=O) groups excluding carboxylic acids is 3. The summed E-state index contributed by atoms with van der Waals surface area (Å²) in [6.45, 7) is 7.31. The minimum atomic E-state index is -1.38. The number of nitrogens with one attached hydrogen (secondary N) is 1. The molecule has 8 heteroatoms. The molecule has 0 bridgehead atoms. The van der Waals surface area contributed by atoms with E-state index in [0.717, 1.165) is 10.5 Å². The molecule has 0 aromatic heterocycles. The highest BCUT2D eigenvalue weighted by atomic mass is 35.5. The number of hydrogen-bond acceptors (Lipinski definition) is 3. The van der Waals surface area contributed by atoms with Gasteiger partial charge in [-0.2, -0.15) is 0 Å². The van der Waals surface area contributed by atoms with Gasteiger partial charge in [0.2, 0.25) is 5.91 Å². The maximum atomic E-state index is 13.2. The fraction of sp³-hybridized carbons (Fsp3) is 0.348.